The van der Waals surface area contributed by atoms with Crippen LogP contribution in [0.4, 0.5) is 0 Å². The van der Waals surface area contributed by atoms with Gasteiger partial charge in [-0.05, 0) is 39.1 Å². The highest BCUT2D eigenvalue weighted by Crippen LogP contribution is 2.16. The van der Waals surface area contributed by atoms with E-state index in [-0.39, 0.29) is 5.54 Å². The molecule has 0 fully saturated rings. The molecule has 0 aromatic rings. The molecule has 0 spiro atoms. The van der Waals surface area contributed by atoms with E-state index >= 15 is 0 Å². The molecule has 1 heterocycles. The van der Waals surface area contributed by atoms with Gasteiger partial charge in [-0.25, -0.2) is 5.01 Å². The van der Waals surface area contributed by atoms with Crippen molar-refractivity contribution in [2.24, 2.45) is 0 Å². The van der Waals surface area contributed by atoms with Crippen molar-refractivity contribution in [1.29, 1.82) is 0 Å². The molecular formula is C8H13N3OS. The van der Waals surface area contributed by atoms with Gasteiger partial charge >= 0.3 is 0 Å². The average Bonchev–Trinajstić information content (AvgIpc) is 1.94. The topological polar surface area (TPSA) is 44.4 Å². The Labute approximate surface area is 82.9 Å². The normalized spacial score (nSPS) is 20.4. The Morgan fingerprint density at radius 2 is 2.31 bits per heavy atom. The van der Waals surface area contributed by atoms with Crippen LogP contribution in [-0.4, -0.2) is 22.1 Å². The standard InChI is InChI=1S/C8H13N3OS/c1-6-4-8(2,3)10-7(13)11(6)9-5-12/h4-5H,1-3H3,(H,9,12)(H,10,13). The lowest BCUT2D eigenvalue weighted by atomic mass is 10.0. The molecule has 72 valence electrons. The van der Waals surface area contributed by atoms with Gasteiger partial charge in [-0.3, -0.25) is 10.2 Å². The van der Waals surface area contributed by atoms with Crippen molar-refractivity contribution in [3.05, 3.63) is 11.8 Å². The molecule has 13 heavy (non-hydrogen) atoms. The molecule has 0 aromatic carbocycles. The highest BCUT2D eigenvalue weighted by atomic mass is 32.1. The molecule has 0 bridgehead atoms. The zero-order chi connectivity index (χ0) is 10.1. The number of carbonyl (C=O) groups excluding carboxylic acids is 1. The summed E-state index contributed by atoms with van der Waals surface area (Å²) in [7, 11) is 0. The van der Waals surface area contributed by atoms with E-state index in [0.717, 1.165) is 5.70 Å². The van der Waals surface area contributed by atoms with E-state index in [9.17, 15) is 4.79 Å². The molecular weight excluding hydrogens is 186 g/mol. The summed E-state index contributed by atoms with van der Waals surface area (Å²) in [6.07, 6.45) is 2.60. The fourth-order valence-electron chi connectivity index (χ4n) is 1.33. The van der Waals surface area contributed by atoms with Gasteiger partial charge < -0.3 is 5.32 Å². The number of thiocarbonyl (C=S) groups is 1. The summed E-state index contributed by atoms with van der Waals surface area (Å²) < 4.78 is 0. The van der Waals surface area contributed by atoms with E-state index in [2.05, 4.69) is 10.7 Å². The highest BCUT2D eigenvalue weighted by molar-refractivity contribution is 7.80. The number of nitrogens with zero attached hydrogens (tertiary/aromatic N) is 1. The minimum absolute atomic E-state index is 0.151. The molecule has 0 saturated carbocycles. The van der Waals surface area contributed by atoms with E-state index < -0.39 is 0 Å². The molecule has 1 aliphatic heterocycles. The molecule has 1 amide bonds. The van der Waals surface area contributed by atoms with Crippen molar-refractivity contribution in [3.8, 4) is 0 Å². The number of hydrazine groups is 1. The number of amides is 1. The van der Waals surface area contributed by atoms with Crippen molar-refractivity contribution < 1.29 is 4.79 Å². The maximum atomic E-state index is 10.3. The van der Waals surface area contributed by atoms with Crippen molar-refractivity contribution in [3.63, 3.8) is 0 Å². The molecule has 0 radical (unpaired) electrons. The lowest BCUT2D eigenvalue weighted by Gasteiger charge is -2.37. The predicted octanol–water partition coefficient (Wildman–Crippen LogP) is 0.520. The Balaban J connectivity index is 2.90. The molecule has 1 rings (SSSR count). The molecule has 0 aliphatic carbocycles. The molecule has 0 unspecified atom stereocenters. The highest BCUT2D eigenvalue weighted by Gasteiger charge is 2.26. The third kappa shape index (κ3) is 2.18. The van der Waals surface area contributed by atoms with Crippen LogP contribution in [0.2, 0.25) is 0 Å². The number of rotatable bonds is 2. The largest absolute Gasteiger partial charge is 0.352 e. The number of nitrogens with one attached hydrogen (secondary N) is 2. The summed E-state index contributed by atoms with van der Waals surface area (Å²) in [6, 6.07) is 0. The number of carbonyl (C=O) groups is 1. The summed E-state index contributed by atoms with van der Waals surface area (Å²) in [5.41, 5.74) is 3.27. The Morgan fingerprint density at radius 1 is 1.69 bits per heavy atom. The van der Waals surface area contributed by atoms with Crippen LogP contribution in [0.15, 0.2) is 11.8 Å². The van der Waals surface area contributed by atoms with Gasteiger partial charge in [0.2, 0.25) is 6.41 Å². The third-order valence-corrected chi connectivity index (χ3v) is 2.02. The van der Waals surface area contributed by atoms with Gasteiger partial charge in [0.1, 0.15) is 0 Å². The molecule has 1 aliphatic rings. The first-order valence-corrected chi connectivity index (χ1v) is 4.38. The summed E-state index contributed by atoms with van der Waals surface area (Å²) in [6.45, 7) is 5.92. The van der Waals surface area contributed by atoms with E-state index in [4.69, 9.17) is 12.2 Å². The van der Waals surface area contributed by atoms with Gasteiger partial charge in [-0.1, -0.05) is 0 Å². The smallest absolute Gasteiger partial charge is 0.226 e. The number of hydrogen-bond donors (Lipinski definition) is 2. The lowest BCUT2D eigenvalue weighted by Crippen LogP contribution is -2.56. The van der Waals surface area contributed by atoms with Gasteiger partial charge in [0.25, 0.3) is 0 Å². The minimum Gasteiger partial charge on any atom is -0.352 e. The quantitative estimate of drug-likeness (QED) is 0.503. The van der Waals surface area contributed by atoms with Crippen LogP contribution in [0.3, 0.4) is 0 Å². The monoisotopic (exact) mass is 199 g/mol. The molecule has 5 heteroatoms. The van der Waals surface area contributed by atoms with Crippen molar-refractivity contribution in [2.45, 2.75) is 26.3 Å². The maximum absolute atomic E-state index is 10.3. The van der Waals surface area contributed by atoms with Gasteiger partial charge in [-0.15, -0.1) is 0 Å². The SMILES string of the molecule is CC1=CC(C)(C)NC(=S)N1NC=O. The first kappa shape index (κ1) is 9.98. The molecule has 0 atom stereocenters. The van der Waals surface area contributed by atoms with Crippen molar-refractivity contribution >= 4 is 23.7 Å². The second kappa shape index (κ2) is 3.33. The number of allylic oxidation sites excluding steroid dienone is 1. The van der Waals surface area contributed by atoms with Gasteiger partial charge in [-0.2, -0.15) is 0 Å². The first-order valence-electron chi connectivity index (χ1n) is 3.98. The Hall–Kier alpha value is -1.10. The van der Waals surface area contributed by atoms with E-state index in [1.54, 1.807) is 0 Å². The Bertz CT molecular complexity index is 273. The van der Waals surface area contributed by atoms with Crippen molar-refractivity contribution in [2.75, 3.05) is 0 Å². The fourth-order valence-corrected chi connectivity index (χ4v) is 1.79. The molecule has 2 N–H and O–H groups in total. The number of hydrogen-bond acceptors (Lipinski definition) is 2. The van der Waals surface area contributed by atoms with Crippen molar-refractivity contribution in [1.82, 2.24) is 15.8 Å². The predicted molar refractivity (Wildman–Crippen MR) is 54.6 cm³/mol. The average molecular weight is 199 g/mol. The van der Waals surface area contributed by atoms with Gasteiger partial charge in [0, 0.05) is 5.70 Å². The van der Waals surface area contributed by atoms with E-state index in [0.29, 0.717) is 11.5 Å². The summed E-state index contributed by atoms with van der Waals surface area (Å²) in [5.74, 6) is 0. The van der Waals surface area contributed by atoms with Crippen LogP contribution in [0.25, 0.3) is 0 Å². The van der Waals surface area contributed by atoms with Crippen LogP contribution in [0.1, 0.15) is 20.8 Å². The minimum atomic E-state index is -0.151. The van der Waals surface area contributed by atoms with Crippen LogP contribution < -0.4 is 10.7 Å². The van der Waals surface area contributed by atoms with Crippen LogP contribution >= 0.6 is 12.2 Å². The Morgan fingerprint density at radius 3 is 2.77 bits per heavy atom. The van der Waals surface area contributed by atoms with E-state index in [1.165, 1.54) is 5.01 Å². The summed E-state index contributed by atoms with van der Waals surface area (Å²) >= 11 is 5.07. The van der Waals surface area contributed by atoms with Crippen LogP contribution in [0, 0.1) is 0 Å². The first-order chi connectivity index (χ1) is 5.96. The van der Waals surface area contributed by atoms with E-state index in [1.807, 2.05) is 26.8 Å². The second-order valence-electron chi connectivity index (χ2n) is 3.52. The van der Waals surface area contributed by atoms with Crippen LogP contribution in [0.5, 0.6) is 0 Å². The summed E-state index contributed by atoms with van der Waals surface area (Å²) in [4.78, 5) is 10.3. The molecule has 0 aromatic heterocycles. The lowest BCUT2D eigenvalue weighted by molar-refractivity contribution is -0.111. The summed E-state index contributed by atoms with van der Waals surface area (Å²) in [5, 5.41) is 5.13. The van der Waals surface area contributed by atoms with Crippen LogP contribution in [-0.2, 0) is 4.79 Å². The van der Waals surface area contributed by atoms with Gasteiger partial charge in [0.15, 0.2) is 5.11 Å². The zero-order valence-electron chi connectivity index (χ0n) is 7.92. The third-order valence-electron chi connectivity index (χ3n) is 1.74. The van der Waals surface area contributed by atoms with Gasteiger partial charge in [0.05, 0.1) is 5.54 Å². The zero-order valence-corrected chi connectivity index (χ0v) is 8.73. The fraction of sp³-hybridized carbons (Fsp3) is 0.500. The molecule has 0 saturated heterocycles. The second-order valence-corrected chi connectivity index (χ2v) is 3.91. The Kier molecular flexibility index (Phi) is 2.56. The maximum Gasteiger partial charge on any atom is 0.226 e. The molecule has 4 nitrogen and oxygen atoms in total.